The van der Waals surface area contributed by atoms with Gasteiger partial charge in [0.05, 0.1) is 0 Å². The van der Waals surface area contributed by atoms with Gasteiger partial charge in [0.1, 0.15) is 6.61 Å². The molecule has 4 nitrogen and oxygen atoms in total. The van der Waals surface area contributed by atoms with Gasteiger partial charge in [0.25, 0.3) is 0 Å². The molecule has 0 aromatic carbocycles. The molecule has 1 aliphatic rings. The molecule has 0 radical (unpaired) electrons. The summed E-state index contributed by atoms with van der Waals surface area (Å²) in [5.74, 6) is 0. The van der Waals surface area contributed by atoms with Crippen molar-refractivity contribution in [1.29, 1.82) is 0 Å². The van der Waals surface area contributed by atoms with Crippen LogP contribution < -0.4 is 11.1 Å². The Hall–Kier alpha value is -0.770. The molecule has 4 heteroatoms. The molecule has 1 aliphatic heterocycles. The van der Waals surface area contributed by atoms with E-state index in [0.717, 1.165) is 19.4 Å². The largest absolute Gasteiger partial charge is 0.448 e. The fourth-order valence-corrected chi connectivity index (χ4v) is 1.08. The van der Waals surface area contributed by atoms with E-state index in [2.05, 4.69) is 10.1 Å². The summed E-state index contributed by atoms with van der Waals surface area (Å²) in [5, 5.41) is 3.18. The van der Waals surface area contributed by atoms with Crippen LogP contribution in [-0.2, 0) is 4.74 Å². The van der Waals surface area contributed by atoms with Gasteiger partial charge in [-0.2, -0.15) is 0 Å². The highest BCUT2D eigenvalue weighted by molar-refractivity contribution is 5.64. The number of nitrogens with two attached hydrogens (primary N) is 1. The van der Waals surface area contributed by atoms with E-state index >= 15 is 0 Å². The van der Waals surface area contributed by atoms with E-state index < -0.39 is 6.09 Å². The summed E-state index contributed by atoms with van der Waals surface area (Å²) in [7, 11) is 0. The average Bonchev–Trinajstić information content (AvgIpc) is 2.34. The Bertz CT molecular complexity index is 121. The van der Waals surface area contributed by atoms with Gasteiger partial charge in [-0.15, -0.1) is 0 Å². The predicted octanol–water partition coefficient (Wildman–Crippen LogP) is -0.166. The van der Waals surface area contributed by atoms with Gasteiger partial charge < -0.3 is 15.8 Å². The zero-order valence-electron chi connectivity index (χ0n) is 5.80. The second-order valence-corrected chi connectivity index (χ2v) is 2.42. The van der Waals surface area contributed by atoms with Crippen molar-refractivity contribution in [2.45, 2.75) is 18.9 Å². The standard InChI is InChI=1S/C6H12N2O2/c7-6(9)10-4-5-2-1-3-8-5/h5,8H,1-4H2,(H2,7,9)/t5-/m0/s1. The van der Waals surface area contributed by atoms with E-state index in [9.17, 15) is 4.79 Å². The summed E-state index contributed by atoms with van der Waals surface area (Å²) in [5.41, 5.74) is 4.78. The molecule has 0 bridgehead atoms. The van der Waals surface area contributed by atoms with Crippen molar-refractivity contribution in [3.8, 4) is 0 Å². The molecule has 0 spiro atoms. The molecule has 1 amide bonds. The molecule has 0 saturated carbocycles. The molecule has 3 N–H and O–H groups in total. The van der Waals surface area contributed by atoms with Crippen molar-refractivity contribution >= 4 is 6.09 Å². The van der Waals surface area contributed by atoms with Crippen molar-refractivity contribution in [1.82, 2.24) is 5.32 Å². The van der Waals surface area contributed by atoms with Crippen LogP contribution in [0.25, 0.3) is 0 Å². The minimum atomic E-state index is -0.686. The van der Waals surface area contributed by atoms with E-state index in [1.807, 2.05) is 0 Å². The first kappa shape index (κ1) is 7.34. The summed E-state index contributed by atoms with van der Waals surface area (Å²) in [6.45, 7) is 1.43. The van der Waals surface area contributed by atoms with Crippen LogP contribution in [0.2, 0.25) is 0 Å². The third-order valence-electron chi connectivity index (χ3n) is 1.59. The van der Waals surface area contributed by atoms with Gasteiger partial charge >= 0.3 is 6.09 Å². The van der Waals surface area contributed by atoms with E-state index in [4.69, 9.17) is 5.73 Å². The van der Waals surface area contributed by atoms with E-state index in [-0.39, 0.29) is 0 Å². The van der Waals surface area contributed by atoms with Crippen LogP contribution in [0.3, 0.4) is 0 Å². The molecule has 1 fully saturated rings. The van der Waals surface area contributed by atoms with Gasteiger partial charge in [0.15, 0.2) is 0 Å². The summed E-state index contributed by atoms with van der Waals surface area (Å²) in [6.07, 6.45) is 1.55. The zero-order valence-corrected chi connectivity index (χ0v) is 5.80. The van der Waals surface area contributed by atoms with Crippen LogP contribution in [0.5, 0.6) is 0 Å². The summed E-state index contributed by atoms with van der Waals surface area (Å²) < 4.78 is 4.60. The van der Waals surface area contributed by atoms with Gasteiger partial charge in [-0.3, -0.25) is 0 Å². The maximum atomic E-state index is 10.1. The molecule has 0 aromatic rings. The Morgan fingerprint density at radius 2 is 2.60 bits per heavy atom. The Labute approximate surface area is 59.7 Å². The van der Waals surface area contributed by atoms with Crippen LogP contribution in [-0.4, -0.2) is 25.3 Å². The number of nitrogens with one attached hydrogen (secondary N) is 1. The first-order valence-corrected chi connectivity index (χ1v) is 3.44. The van der Waals surface area contributed by atoms with Crippen molar-refractivity contribution in [3.05, 3.63) is 0 Å². The average molecular weight is 144 g/mol. The fraction of sp³-hybridized carbons (Fsp3) is 0.833. The molecular formula is C6H12N2O2. The molecule has 1 heterocycles. The molecule has 1 saturated heterocycles. The van der Waals surface area contributed by atoms with Gasteiger partial charge in [0, 0.05) is 6.04 Å². The predicted molar refractivity (Wildman–Crippen MR) is 36.6 cm³/mol. The first-order chi connectivity index (χ1) is 4.79. The topological polar surface area (TPSA) is 64.4 Å². The Morgan fingerprint density at radius 3 is 3.10 bits per heavy atom. The molecule has 1 atom stereocenters. The van der Waals surface area contributed by atoms with Gasteiger partial charge in [-0.1, -0.05) is 0 Å². The third-order valence-corrected chi connectivity index (χ3v) is 1.59. The SMILES string of the molecule is NC(=O)OC[C@@H]1CCCN1. The maximum Gasteiger partial charge on any atom is 0.404 e. The number of rotatable bonds is 2. The molecule has 1 rings (SSSR count). The minimum Gasteiger partial charge on any atom is -0.448 e. The van der Waals surface area contributed by atoms with Crippen molar-refractivity contribution in [2.75, 3.05) is 13.2 Å². The number of hydrogen-bond acceptors (Lipinski definition) is 3. The number of amides is 1. The Kier molecular flexibility index (Phi) is 2.50. The number of carbonyl (C=O) groups is 1. The monoisotopic (exact) mass is 144 g/mol. The number of hydrogen-bond donors (Lipinski definition) is 2. The molecule has 0 aliphatic carbocycles. The summed E-state index contributed by atoms with van der Waals surface area (Å²) in [6, 6.07) is 0.326. The van der Waals surface area contributed by atoms with Crippen LogP contribution in [0.4, 0.5) is 4.79 Å². The molecule has 58 valence electrons. The van der Waals surface area contributed by atoms with Gasteiger partial charge in [-0.05, 0) is 19.4 Å². The third kappa shape index (κ3) is 2.23. The number of ether oxygens (including phenoxy) is 1. The lowest BCUT2D eigenvalue weighted by atomic mass is 10.2. The Morgan fingerprint density at radius 1 is 1.80 bits per heavy atom. The van der Waals surface area contributed by atoms with Crippen molar-refractivity contribution in [2.24, 2.45) is 5.73 Å². The highest BCUT2D eigenvalue weighted by Crippen LogP contribution is 2.04. The van der Waals surface area contributed by atoms with Crippen LogP contribution in [0.15, 0.2) is 0 Å². The lowest BCUT2D eigenvalue weighted by Gasteiger charge is -2.07. The fourth-order valence-electron chi connectivity index (χ4n) is 1.08. The van der Waals surface area contributed by atoms with Crippen LogP contribution in [0.1, 0.15) is 12.8 Å². The molecule has 0 aromatic heterocycles. The lowest BCUT2D eigenvalue weighted by molar-refractivity contribution is 0.146. The van der Waals surface area contributed by atoms with Gasteiger partial charge in [0.2, 0.25) is 0 Å². The summed E-state index contributed by atoms with van der Waals surface area (Å²) in [4.78, 5) is 10.1. The quantitative estimate of drug-likeness (QED) is 0.565. The highest BCUT2D eigenvalue weighted by atomic mass is 16.5. The molecular weight excluding hydrogens is 132 g/mol. The van der Waals surface area contributed by atoms with Crippen LogP contribution in [0, 0.1) is 0 Å². The molecule has 0 unspecified atom stereocenters. The Balaban J connectivity index is 2.07. The first-order valence-electron chi connectivity index (χ1n) is 3.44. The van der Waals surface area contributed by atoms with Gasteiger partial charge in [-0.25, -0.2) is 4.79 Å². The minimum absolute atomic E-state index is 0.326. The van der Waals surface area contributed by atoms with E-state index in [1.165, 1.54) is 0 Å². The van der Waals surface area contributed by atoms with E-state index in [1.54, 1.807) is 0 Å². The van der Waals surface area contributed by atoms with E-state index in [0.29, 0.717) is 12.6 Å². The smallest absolute Gasteiger partial charge is 0.404 e. The highest BCUT2D eigenvalue weighted by Gasteiger charge is 2.14. The second kappa shape index (κ2) is 3.41. The molecule has 10 heavy (non-hydrogen) atoms. The maximum absolute atomic E-state index is 10.1. The lowest BCUT2D eigenvalue weighted by Crippen LogP contribution is -2.29. The normalized spacial score (nSPS) is 24.6. The van der Waals surface area contributed by atoms with Crippen LogP contribution >= 0.6 is 0 Å². The van der Waals surface area contributed by atoms with Crippen molar-refractivity contribution < 1.29 is 9.53 Å². The number of carbonyl (C=O) groups excluding carboxylic acids is 1. The second-order valence-electron chi connectivity index (χ2n) is 2.42. The van der Waals surface area contributed by atoms with Crippen molar-refractivity contribution in [3.63, 3.8) is 0 Å². The summed E-state index contributed by atoms with van der Waals surface area (Å²) >= 11 is 0. The number of primary amides is 1. The zero-order chi connectivity index (χ0) is 7.40.